The second kappa shape index (κ2) is 8.95. The molecule has 3 heterocycles. The molecule has 4 aromatic rings. The van der Waals surface area contributed by atoms with Gasteiger partial charge in [-0.05, 0) is 54.0 Å². The SMILES string of the molecule is CCc1ccc(/C(O)=C2/C(=O)C(=O)N(CCc3c[nH]c4ccccc34)C2c2sccc2C)cc1. The van der Waals surface area contributed by atoms with Crippen LogP contribution in [0.25, 0.3) is 16.7 Å². The topological polar surface area (TPSA) is 73.4 Å². The van der Waals surface area contributed by atoms with Crippen molar-refractivity contribution in [3.63, 3.8) is 0 Å². The largest absolute Gasteiger partial charge is 0.507 e. The number of hydrogen-bond acceptors (Lipinski definition) is 4. The average Bonchev–Trinajstić information content (AvgIpc) is 3.54. The molecule has 1 fully saturated rings. The standard InChI is InChI=1S/C28H26N2O3S/c1-3-18-8-10-19(11-9-18)25(31)23-24(27-17(2)13-15-34-27)30(28(33)26(23)32)14-12-20-16-29-22-7-5-4-6-21(20)22/h4-11,13,15-16,24,29,31H,3,12,14H2,1-2H3/b25-23-. The summed E-state index contributed by atoms with van der Waals surface area (Å²) >= 11 is 1.51. The van der Waals surface area contributed by atoms with Gasteiger partial charge in [-0.15, -0.1) is 11.3 Å². The number of amides is 1. The summed E-state index contributed by atoms with van der Waals surface area (Å²) < 4.78 is 0. The number of thiophene rings is 1. The number of carbonyl (C=O) groups is 2. The minimum absolute atomic E-state index is 0.117. The van der Waals surface area contributed by atoms with Crippen LogP contribution in [0.1, 0.15) is 40.1 Å². The maximum atomic E-state index is 13.2. The fraction of sp³-hybridized carbons (Fsp3) is 0.214. The maximum absolute atomic E-state index is 13.2. The van der Waals surface area contributed by atoms with Crippen molar-refractivity contribution in [1.29, 1.82) is 0 Å². The first kappa shape index (κ1) is 22.2. The number of fused-ring (bicyclic) bond motifs is 1. The van der Waals surface area contributed by atoms with Gasteiger partial charge in [0.2, 0.25) is 0 Å². The van der Waals surface area contributed by atoms with E-state index in [2.05, 4.69) is 18.0 Å². The van der Waals surface area contributed by atoms with Crippen LogP contribution >= 0.6 is 11.3 Å². The van der Waals surface area contributed by atoms with E-state index in [9.17, 15) is 14.7 Å². The van der Waals surface area contributed by atoms with E-state index in [1.165, 1.54) is 11.3 Å². The normalized spacial score (nSPS) is 17.7. The molecule has 5 nitrogen and oxygen atoms in total. The fourth-order valence-corrected chi connectivity index (χ4v) is 5.73. The number of aromatic amines is 1. The van der Waals surface area contributed by atoms with Gasteiger partial charge in [-0.3, -0.25) is 9.59 Å². The Kier molecular flexibility index (Phi) is 5.84. The molecule has 1 aliphatic rings. The van der Waals surface area contributed by atoms with Crippen molar-refractivity contribution < 1.29 is 14.7 Å². The van der Waals surface area contributed by atoms with Gasteiger partial charge in [-0.2, -0.15) is 0 Å². The molecule has 1 amide bonds. The molecule has 0 bridgehead atoms. The van der Waals surface area contributed by atoms with E-state index in [0.29, 0.717) is 18.5 Å². The zero-order valence-corrected chi connectivity index (χ0v) is 20.0. The van der Waals surface area contributed by atoms with Gasteiger partial charge in [0.05, 0.1) is 11.6 Å². The van der Waals surface area contributed by atoms with E-state index in [1.807, 2.05) is 67.0 Å². The number of aliphatic hydroxyl groups is 1. The number of aryl methyl sites for hydroxylation is 2. The summed E-state index contributed by atoms with van der Waals surface area (Å²) in [4.78, 5) is 32.3. The van der Waals surface area contributed by atoms with Crippen molar-refractivity contribution >= 4 is 39.7 Å². The Balaban J connectivity index is 1.55. The first-order valence-electron chi connectivity index (χ1n) is 11.5. The van der Waals surface area contributed by atoms with Gasteiger partial charge in [0.25, 0.3) is 11.7 Å². The highest BCUT2D eigenvalue weighted by molar-refractivity contribution is 7.10. The van der Waals surface area contributed by atoms with Gasteiger partial charge in [-0.25, -0.2) is 0 Å². The molecule has 2 aromatic heterocycles. The molecule has 1 saturated heterocycles. The minimum atomic E-state index is -0.631. The summed E-state index contributed by atoms with van der Waals surface area (Å²) in [5.74, 6) is -1.31. The van der Waals surface area contributed by atoms with E-state index < -0.39 is 17.7 Å². The molecule has 172 valence electrons. The number of nitrogens with one attached hydrogen (secondary N) is 1. The highest BCUT2D eigenvalue weighted by Crippen LogP contribution is 2.42. The molecule has 6 heteroatoms. The van der Waals surface area contributed by atoms with Gasteiger partial charge in [0.15, 0.2) is 0 Å². The summed E-state index contributed by atoms with van der Waals surface area (Å²) in [7, 11) is 0. The molecule has 0 spiro atoms. The number of ketones is 1. The number of Topliss-reactive ketones (excluding diaryl/α,β-unsaturated/α-hetero) is 1. The first-order valence-corrected chi connectivity index (χ1v) is 12.3. The van der Waals surface area contributed by atoms with E-state index in [4.69, 9.17) is 0 Å². The molecule has 34 heavy (non-hydrogen) atoms. The number of aliphatic hydroxyl groups excluding tert-OH is 1. The Hall–Kier alpha value is -3.64. The second-order valence-corrected chi connectivity index (χ2v) is 9.57. The number of benzene rings is 2. The molecule has 0 radical (unpaired) electrons. The smallest absolute Gasteiger partial charge is 0.295 e. The predicted molar refractivity (Wildman–Crippen MR) is 136 cm³/mol. The van der Waals surface area contributed by atoms with Crippen molar-refractivity contribution in [2.45, 2.75) is 32.7 Å². The lowest BCUT2D eigenvalue weighted by Crippen LogP contribution is -2.31. The summed E-state index contributed by atoms with van der Waals surface area (Å²) in [6.45, 7) is 4.41. The van der Waals surface area contributed by atoms with Gasteiger partial charge in [0, 0.05) is 34.1 Å². The monoisotopic (exact) mass is 470 g/mol. The van der Waals surface area contributed by atoms with Gasteiger partial charge in [0.1, 0.15) is 5.76 Å². The van der Waals surface area contributed by atoms with Crippen molar-refractivity contribution in [3.05, 3.63) is 98.9 Å². The number of likely N-dealkylation sites (tertiary alicyclic amines) is 1. The van der Waals surface area contributed by atoms with Crippen LogP contribution in [0.5, 0.6) is 0 Å². The van der Waals surface area contributed by atoms with Crippen LogP contribution in [-0.4, -0.2) is 33.2 Å². The summed E-state index contributed by atoms with van der Waals surface area (Å²) in [5.41, 5.74) is 4.99. The summed E-state index contributed by atoms with van der Waals surface area (Å²) in [5, 5.41) is 14.3. The lowest BCUT2D eigenvalue weighted by atomic mass is 9.97. The van der Waals surface area contributed by atoms with Gasteiger partial charge < -0.3 is 15.0 Å². The van der Waals surface area contributed by atoms with Crippen LogP contribution in [0.4, 0.5) is 0 Å². The molecule has 0 aliphatic carbocycles. The molecular formula is C28H26N2O3S. The molecule has 1 atom stereocenters. The zero-order chi connectivity index (χ0) is 23.8. The Morgan fingerprint density at radius 3 is 2.56 bits per heavy atom. The van der Waals surface area contributed by atoms with Crippen LogP contribution in [0.15, 0.2) is 71.7 Å². The Bertz CT molecular complexity index is 1410. The lowest BCUT2D eigenvalue weighted by Gasteiger charge is -2.25. The molecule has 2 aromatic carbocycles. The van der Waals surface area contributed by atoms with Crippen LogP contribution in [0.2, 0.25) is 0 Å². The lowest BCUT2D eigenvalue weighted by molar-refractivity contribution is -0.139. The maximum Gasteiger partial charge on any atom is 0.295 e. The van der Waals surface area contributed by atoms with Crippen molar-refractivity contribution in [2.75, 3.05) is 6.54 Å². The molecule has 5 rings (SSSR count). The summed E-state index contributed by atoms with van der Waals surface area (Å²) in [6, 6.07) is 16.9. The van der Waals surface area contributed by atoms with Crippen LogP contribution in [0, 0.1) is 6.92 Å². The average molecular weight is 471 g/mol. The zero-order valence-electron chi connectivity index (χ0n) is 19.2. The van der Waals surface area contributed by atoms with E-state index in [-0.39, 0.29) is 11.3 Å². The minimum Gasteiger partial charge on any atom is -0.507 e. The number of hydrogen-bond donors (Lipinski definition) is 2. The highest BCUT2D eigenvalue weighted by Gasteiger charge is 2.46. The molecule has 0 saturated carbocycles. The van der Waals surface area contributed by atoms with Gasteiger partial charge >= 0.3 is 0 Å². The predicted octanol–water partition coefficient (Wildman–Crippen LogP) is 5.76. The number of rotatable bonds is 6. The third-order valence-corrected chi connectivity index (χ3v) is 7.69. The third-order valence-electron chi connectivity index (χ3n) is 6.62. The Morgan fingerprint density at radius 2 is 1.85 bits per heavy atom. The van der Waals surface area contributed by atoms with Crippen LogP contribution < -0.4 is 0 Å². The van der Waals surface area contributed by atoms with Gasteiger partial charge in [-0.1, -0.05) is 49.4 Å². The molecular weight excluding hydrogens is 444 g/mol. The van der Waals surface area contributed by atoms with E-state index in [1.54, 1.807) is 4.90 Å². The van der Waals surface area contributed by atoms with Crippen LogP contribution in [0.3, 0.4) is 0 Å². The van der Waals surface area contributed by atoms with Crippen molar-refractivity contribution in [2.24, 2.45) is 0 Å². The number of aromatic nitrogens is 1. The number of H-pyrrole nitrogens is 1. The second-order valence-electron chi connectivity index (χ2n) is 8.62. The van der Waals surface area contributed by atoms with Crippen molar-refractivity contribution in [3.8, 4) is 0 Å². The number of nitrogens with zero attached hydrogens (tertiary/aromatic N) is 1. The van der Waals surface area contributed by atoms with Crippen molar-refractivity contribution in [1.82, 2.24) is 9.88 Å². The molecule has 1 aliphatic heterocycles. The third kappa shape index (κ3) is 3.74. The quantitative estimate of drug-likeness (QED) is 0.214. The fourth-order valence-electron chi connectivity index (χ4n) is 4.68. The molecule has 1 unspecified atom stereocenters. The van der Waals surface area contributed by atoms with E-state index in [0.717, 1.165) is 38.9 Å². The highest BCUT2D eigenvalue weighted by atomic mass is 32.1. The Labute approximate surface area is 202 Å². The Morgan fingerprint density at radius 1 is 1.09 bits per heavy atom. The number of para-hydroxylation sites is 1. The van der Waals surface area contributed by atoms with E-state index >= 15 is 0 Å². The van der Waals surface area contributed by atoms with Crippen LogP contribution in [-0.2, 0) is 22.4 Å². The summed E-state index contributed by atoms with van der Waals surface area (Å²) in [6.07, 6.45) is 3.44. The first-order chi connectivity index (χ1) is 16.5. The molecule has 2 N–H and O–H groups in total. The number of carbonyl (C=O) groups excluding carboxylic acids is 2.